The van der Waals surface area contributed by atoms with Gasteiger partial charge in [-0.25, -0.2) is 0 Å². The van der Waals surface area contributed by atoms with Crippen molar-refractivity contribution >= 4 is 55.8 Å². The molecule has 235 valence electrons. The third-order valence-electron chi connectivity index (χ3n) is 6.63. The molecule has 1 radical (unpaired) electrons. The minimum atomic E-state index is -1.17. The van der Waals surface area contributed by atoms with E-state index in [0.29, 0.717) is 17.8 Å². The van der Waals surface area contributed by atoms with Gasteiger partial charge in [0.05, 0.1) is 19.8 Å². The van der Waals surface area contributed by atoms with E-state index in [2.05, 4.69) is 79.4 Å². The molecule has 0 N–H and O–H groups in total. The highest BCUT2D eigenvalue weighted by atomic mass is 32.1. The van der Waals surface area contributed by atoms with Crippen LogP contribution in [0.2, 0.25) is 0 Å². The van der Waals surface area contributed by atoms with Gasteiger partial charge in [0, 0.05) is 5.92 Å². The molecule has 0 saturated heterocycles. The normalized spacial score (nSPS) is 14.0. The number of ether oxygens (including phenoxy) is 3. The second kappa shape index (κ2) is 24.0. The van der Waals surface area contributed by atoms with Gasteiger partial charge in [-0.1, -0.05) is 99.3 Å². The zero-order valence-corrected chi connectivity index (χ0v) is 28.5. The van der Waals surface area contributed by atoms with Crippen LogP contribution in [-0.2, 0) is 28.6 Å². The first-order chi connectivity index (χ1) is 18.9. The van der Waals surface area contributed by atoms with Gasteiger partial charge in [-0.3, -0.25) is 14.4 Å². The van der Waals surface area contributed by atoms with E-state index >= 15 is 0 Å². The standard InChI is InChI=1S/C31H57O6S3/c1-22(2)16-10-7-13-19-35-29(32)26(38)25(27(39)30(33)36-20-14-8-11-17-23(3)4)28(40)31(34)37-21-15-9-12-18-24(5)6/h22-24,26-28,38-40H,7-21H2,1-6H3. The van der Waals surface area contributed by atoms with Gasteiger partial charge in [-0.2, -0.15) is 37.9 Å². The molecule has 0 amide bonds. The fraction of sp³-hybridized carbons (Fsp3) is 0.871. The van der Waals surface area contributed by atoms with Crippen LogP contribution in [0.25, 0.3) is 0 Å². The summed E-state index contributed by atoms with van der Waals surface area (Å²) < 4.78 is 16.3. The minimum Gasteiger partial charge on any atom is -0.465 e. The number of hydrogen-bond acceptors (Lipinski definition) is 9. The smallest absolute Gasteiger partial charge is 0.319 e. The van der Waals surface area contributed by atoms with Crippen LogP contribution in [-0.4, -0.2) is 53.5 Å². The minimum absolute atomic E-state index is 0.106. The van der Waals surface area contributed by atoms with E-state index in [1.54, 1.807) is 0 Å². The van der Waals surface area contributed by atoms with Crippen molar-refractivity contribution in [3.63, 3.8) is 0 Å². The molecule has 0 aliphatic rings. The highest BCUT2D eigenvalue weighted by Gasteiger charge is 2.44. The van der Waals surface area contributed by atoms with E-state index < -0.39 is 33.7 Å². The van der Waals surface area contributed by atoms with Gasteiger partial charge in [0.15, 0.2) is 0 Å². The maximum absolute atomic E-state index is 12.9. The third-order valence-corrected chi connectivity index (χ3v) is 8.15. The van der Waals surface area contributed by atoms with Crippen molar-refractivity contribution in [1.82, 2.24) is 0 Å². The van der Waals surface area contributed by atoms with Crippen LogP contribution < -0.4 is 0 Å². The fourth-order valence-corrected chi connectivity index (χ4v) is 5.58. The summed E-state index contributed by atoms with van der Waals surface area (Å²) in [5.74, 6) is 0.117. The maximum Gasteiger partial charge on any atom is 0.319 e. The number of esters is 3. The van der Waals surface area contributed by atoms with Gasteiger partial charge in [-0.05, 0) is 37.0 Å². The number of thiol groups is 3. The molecule has 3 atom stereocenters. The molecule has 0 aliphatic carbocycles. The lowest BCUT2D eigenvalue weighted by molar-refractivity contribution is -0.145. The number of rotatable bonds is 24. The summed E-state index contributed by atoms with van der Waals surface area (Å²) in [5, 5.41) is -3.51. The second-order valence-electron chi connectivity index (χ2n) is 11.9. The predicted molar refractivity (Wildman–Crippen MR) is 174 cm³/mol. The Balaban J connectivity index is 5.07. The molecule has 3 unspecified atom stereocenters. The molecule has 0 aromatic carbocycles. The van der Waals surface area contributed by atoms with E-state index in [0.717, 1.165) is 77.0 Å². The van der Waals surface area contributed by atoms with Crippen LogP contribution in [0.5, 0.6) is 0 Å². The van der Waals surface area contributed by atoms with Gasteiger partial charge >= 0.3 is 17.9 Å². The summed E-state index contributed by atoms with van der Waals surface area (Å²) >= 11 is 13.3. The molecule has 0 heterocycles. The Labute approximate surface area is 261 Å². The van der Waals surface area contributed by atoms with Crippen molar-refractivity contribution in [3.8, 4) is 0 Å². The molecule has 0 saturated carbocycles. The predicted octanol–water partition coefficient (Wildman–Crippen LogP) is 7.73. The first kappa shape index (κ1) is 39.5. The fourth-order valence-electron chi connectivity index (χ4n) is 4.11. The first-order valence-electron chi connectivity index (χ1n) is 15.3. The average molecular weight is 622 g/mol. The van der Waals surface area contributed by atoms with Gasteiger partial charge in [-0.15, -0.1) is 0 Å². The maximum atomic E-state index is 12.9. The van der Waals surface area contributed by atoms with Crippen molar-refractivity contribution in [3.05, 3.63) is 5.92 Å². The molecule has 0 aromatic heterocycles. The lowest BCUT2D eigenvalue weighted by atomic mass is 9.95. The van der Waals surface area contributed by atoms with Crippen molar-refractivity contribution in [2.75, 3.05) is 19.8 Å². The largest absolute Gasteiger partial charge is 0.465 e. The van der Waals surface area contributed by atoms with Gasteiger partial charge in [0.1, 0.15) is 15.7 Å². The van der Waals surface area contributed by atoms with E-state index in [9.17, 15) is 14.4 Å². The van der Waals surface area contributed by atoms with Crippen LogP contribution in [0.3, 0.4) is 0 Å². The molecular formula is C31H57O6S3. The third kappa shape index (κ3) is 19.6. The molecule has 0 rings (SSSR count). The van der Waals surface area contributed by atoms with Crippen LogP contribution in [0.4, 0.5) is 0 Å². The quantitative estimate of drug-likeness (QED) is 0.0443. The summed E-state index contributed by atoms with van der Waals surface area (Å²) in [6.07, 6.45) is 11.7. The lowest BCUT2D eigenvalue weighted by Gasteiger charge is -2.29. The van der Waals surface area contributed by atoms with Gasteiger partial charge in [0.2, 0.25) is 0 Å². The lowest BCUT2D eigenvalue weighted by Crippen LogP contribution is -2.44. The SMILES string of the molecule is CC(C)CCCCCOC(=O)C(S)[C](C(S)C(=O)OCCCCCC(C)C)C(S)C(=O)OCCCCCC(C)C. The summed E-state index contributed by atoms with van der Waals surface area (Å²) in [6.45, 7) is 13.8. The molecule has 0 fully saturated rings. The highest BCUT2D eigenvalue weighted by molar-refractivity contribution is 7.84. The van der Waals surface area contributed by atoms with Crippen LogP contribution >= 0.6 is 37.9 Å². The molecule has 0 aliphatic heterocycles. The van der Waals surface area contributed by atoms with Crippen LogP contribution in [0, 0.1) is 23.7 Å². The van der Waals surface area contributed by atoms with Crippen molar-refractivity contribution in [1.29, 1.82) is 0 Å². The summed E-state index contributed by atoms with van der Waals surface area (Å²) in [5.41, 5.74) is 0. The Morgan fingerprint density at radius 2 is 0.700 bits per heavy atom. The summed E-state index contributed by atoms with van der Waals surface area (Å²) in [6, 6.07) is 0. The summed E-state index contributed by atoms with van der Waals surface area (Å²) in [7, 11) is 0. The molecule has 40 heavy (non-hydrogen) atoms. The summed E-state index contributed by atoms with van der Waals surface area (Å²) in [4.78, 5) is 38.6. The Bertz CT molecular complexity index is 596. The monoisotopic (exact) mass is 621 g/mol. The zero-order valence-electron chi connectivity index (χ0n) is 25.9. The topological polar surface area (TPSA) is 78.9 Å². The first-order valence-corrected chi connectivity index (χ1v) is 16.8. The number of carbonyl (C=O) groups excluding carboxylic acids is 3. The van der Waals surface area contributed by atoms with Crippen molar-refractivity contribution < 1.29 is 28.6 Å². The highest BCUT2D eigenvalue weighted by Crippen LogP contribution is 2.31. The molecule has 0 aromatic rings. The van der Waals surface area contributed by atoms with E-state index in [1.807, 2.05) is 0 Å². The van der Waals surface area contributed by atoms with E-state index in [-0.39, 0.29) is 25.7 Å². The van der Waals surface area contributed by atoms with Gasteiger partial charge < -0.3 is 14.2 Å². The molecule has 9 heteroatoms. The second-order valence-corrected chi connectivity index (χ2v) is 13.5. The average Bonchev–Trinajstić information content (AvgIpc) is 2.88. The Kier molecular flexibility index (Phi) is 23.6. The zero-order chi connectivity index (χ0) is 30.5. The van der Waals surface area contributed by atoms with Crippen LogP contribution in [0.1, 0.15) is 119 Å². The van der Waals surface area contributed by atoms with Crippen molar-refractivity contribution in [2.24, 2.45) is 17.8 Å². The molecule has 6 nitrogen and oxygen atoms in total. The number of unbranched alkanes of at least 4 members (excludes halogenated alkanes) is 6. The van der Waals surface area contributed by atoms with Gasteiger partial charge in [0.25, 0.3) is 0 Å². The Morgan fingerprint density at radius 3 is 0.925 bits per heavy atom. The van der Waals surface area contributed by atoms with E-state index in [1.165, 1.54) is 0 Å². The van der Waals surface area contributed by atoms with Crippen LogP contribution in [0.15, 0.2) is 0 Å². The molecule has 0 spiro atoms. The number of carbonyl (C=O) groups is 3. The van der Waals surface area contributed by atoms with Crippen molar-refractivity contribution in [2.45, 2.75) is 134 Å². The Morgan fingerprint density at radius 1 is 0.450 bits per heavy atom. The molecule has 0 bridgehead atoms. The number of hydrogen-bond donors (Lipinski definition) is 3. The van der Waals surface area contributed by atoms with E-state index in [4.69, 9.17) is 14.2 Å². The Hall–Kier alpha value is -0.540. The molecular weight excluding hydrogens is 565 g/mol.